The Balaban J connectivity index is 1.99. The van der Waals surface area contributed by atoms with E-state index in [2.05, 4.69) is 19.7 Å². The summed E-state index contributed by atoms with van der Waals surface area (Å²) in [6.45, 7) is -0.00811. The second-order valence-electron chi connectivity index (χ2n) is 6.27. The van der Waals surface area contributed by atoms with Crippen molar-refractivity contribution in [2.24, 2.45) is 0 Å². The molecule has 2 N–H and O–H groups in total. The molecule has 1 heterocycles. The van der Waals surface area contributed by atoms with E-state index in [1.807, 2.05) is 0 Å². The largest absolute Gasteiger partial charge is 0.479 e. The molecule has 2 aromatic carbocycles. The molecule has 12 heteroatoms. The van der Waals surface area contributed by atoms with Crippen LogP contribution in [0.3, 0.4) is 0 Å². The van der Waals surface area contributed by atoms with E-state index in [1.54, 1.807) is 6.07 Å². The van der Waals surface area contributed by atoms with Crippen molar-refractivity contribution in [1.29, 1.82) is 0 Å². The van der Waals surface area contributed by atoms with Gasteiger partial charge in [-0.15, -0.1) is 0 Å². The summed E-state index contributed by atoms with van der Waals surface area (Å²) in [5.74, 6) is -0.0782. The third kappa shape index (κ3) is 5.43. The fourth-order valence-corrected chi connectivity index (χ4v) is 3.12. The van der Waals surface area contributed by atoms with Crippen LogP contribution >= 0.6 is 11.6 Å². The van der Waals surface area contributed by atoms with Crippen LogP contribution in [0.15, 0.2) is 42.5 Å². The Morgan fingerprint density at radius 2 is 1.67 bits per heavy atom. The van der Waals surface area contributed by atoms with Gasteiger partial charge in [-0.05, 0) is 29.8 Å². The Labute approximate surface area is 174 Å². The summed E-state index contributed by atoms with van der Waals surface area (Å²) in [6, 6.07) is 8.10. The van der Waals surface area contributed by atoms with E-state index < -0.39 is 27.8 Å². The molecule has 0 radical (unpaired) electrons. The first-order chi connectivity index (χ1) is 13.9. The van der Waals surface area contributed by atoms with Gasteiger partial charge < -0.3 is 5.11 Å². The molecule has 0 spiro atoms. The molecule has 1 aromatic heterocycles. The monoisotopic (exact) mass is 458 g/mol. The number of benzene rings is 2. The first-order valence-electron chi connectivity index (χ1n) is 8.28. The normalized spacial score (nSPS) is 12.2. The molecular formula is C18H14ClF3N4O3S. The van der Waals surface area contributed by atoms with E-state index >= 15 is 0 Å². The topological polar surface area (TPSA) is 105 Å². The minimum absolute atomic E-state index is 0.00811. The Bertz CT molecular complexity index is 1190. The highest BCUT2D eigenvalue weighted by Gasteiger charge is 2.30. The molecular weight excluding hydrogens is 445 g/mol. The zero-order valence-corrected chi connectivity index (χ0v) is 16.8. The molecule has 7 nitrogen and oxygen atoms in total. The number of nitrogens with zero attached hydrogens (tertiary/aromatic N) is 3. The maximum absolute atomic E-state index is 12.8. The summed E-state index contributed by atoms with van der Waals surface area (Å²) in [5.41, 5.74) is 0.234. The Morgan fingerprint density at radius 1 is 1.03 bits per heavy atom. The van der Waals surface area contributed by atoms with Crippen molar-refractivity contribution < 1.29 is 26.7 Å². The summed E-state index contributed by atoms with van der Waals surface area (Å²) < 4.78 is 63.2. The molecule has 0 saturated heterocycles. The van der Waals surface area contributed by atoms with Crippen molar-refractivity contribution in [3.05, 3.63) is 58.6 Å². The van der Waals surface area contributed by atoms with Crippen LogP contribution in [0.2, 0.25) is 5.02 Å². The predicted molar refractivity (Wildman–Crippen MR) is 104 cm³/mol. The summed E-state index contributed by atoms with van der Waals surface area (Å²) in [6.07, 6.45) is -3.47. The van der Waals surface area contributed by atoms with Crippen LogP contribution in [0.5, 0.6) is 6.01 Å². The quantitative estimate of drug-likeness (QED) is 0.605. The van der Waals surface area contributed by atoms with Gasteiger partial charge in [0.1, 0.15) is 0 Å². The minimum atomic E-state index is -4.49. The number of halogens is 4. The lowest BCUT2D eigenvalue weighted by Crippen LogP contribution is -2.21. The Kier molecular flexibility index (Phi) is 5.97. The Morgan fingerprint density at radius 3 is 2.27 bits per heavy atom. The SMILES string of the molecule is CS(=O)(=O)NCc1ccc(Cl)c(-c2nc(O)nc(-c3ccc(C(F)(F)F)cc3)n2)c1. The van der Waals surface area contributed by atoms with Crippen molar-refractivity contribution in [2.75, 3.05) is 6.26 Å². The van der Waals surface area contributed by atoms with Crippen LogP contribution in [-0.2, 0) is 22.7 Å². The van der Waals surface area contributed by atoms with Crippen molar-refractivity contribution >= 4 is 21.6 Å². The molecule has 0 unspecified atom stereocenters. The average Bonchev–Trinajstić information content (AvgIpc) is 2.65. The number of rotatable bonds is 5. The second-order valence-corrected chi connectivity index (χ2v) is 8.51. The van der Waals surface area contributed by atoms with E-state index in [4.69, 9.17) is 11.6 Å². The zero-order chi connectivity index (χ0) is 22.1. The van der Waals surface area contributed by atoms with Crippen LogP contribution in [0.25, 0.3) is 22.8 Å². The summed E-state index contributed by atoms with van der Waals surface area (Å²) in [7, 11) is -3.42. The molecule has 3 rings (SSSR count). The molecule has 0 fully saturated rings. The summed E-state index contributed by atoms with van der Waals surface area (Å²) in [4.78, 5) is 11.8. The molecule has 0 amide bonds. The third-order valence-electron chi connectivity index (χ3n) is 3.90. The van der Waals surface area contributed by atoms with Gasteiger partial charge in [0.05, 0.1) is 16.8 Å². The maximum Gasteiger partial charge on any atom is 0.416 e. The van der Waals surface area contributed by atoms with Gasteiger partial charge in [0.15, 0.2) is 11.6 Å². The molecule has 0 aliphatic heterocycles. The van der Waals surface area contributed by atoms with Crippen molar-refractivity contribution in [3.8, 4) is 28.8 Å². The number of aromatic hydroxyl groups is 1. The van der Waals surface area contributed by atoms with Crippen molar-refractivity contribution in [3.63, 3.8) is 0 Å². The highest BCUT2D eigenvalue weighted by atomic mass is 35.5. The lowest BCUT2D eigenvalue weighted by atomic mass is 10.1. The van der Waals surface area contributed by atoms with Crippen LogP contribution < -0.4 is 4.72 Å². The van der Waals surface area contributed by atoms with Crippen molar-refractivity contribution in [2.45, 2.75) is 12.7 Å². The highest BCUT2D eigenvalue weighted by molar-refractivity contribution is 7.88. The number of hydrogen-bond donors (Lipinski definition) is 2. The number of hydrogen-bond acceptors (Lipinski definition) is 6. The molecule has 3 aromatic rings. The lowest BCUT2D eigenvalue weighted by Gasteiger charge is -2.10. The molecule has 0 aliphatic rings. The molecule has 30 heavy (non-hydrogen) atoms. The molecule has 0 bridgehead atoms. The van der Waals surface area contributed by atoms with E-state index in [9.17, 15) is 26.7 Å². The van der Waals surface area contributed by atoms with Gasteiger partial charge in [-0.2, -0.15) is 23.1 Å². The van der Waals surface area contributed by atoms with Gasteiger partial charge in [-0.1, -0.05) is 29.8 Å². The molecule has 0 atom stereocenters. The van der Waals surface area contributed by atoms with E-state index in [1.165, 1.54) is 24.3 Å². The number of aromatic nitrogens is 3. The van der Waals surface area contributed by atoms with Crippen molar-refractivity contribution in [1.82, 2.24) is 19.7 Å². The maximum atomic E-state index is 12.8. The minimum Gasteiger partial charge on any atom is -0.479 e. The number of nitrogens with one attached hydrogen (secondary N) is 1. The van der Waals surface area contributed by atoms with Gasteiger partial charge in [-0.25, -0.2) is 18.1 Å². The molecule has 0 saturated carbocycles. The molecule has 0 aliphatic carbocycles. The van der Waals surface area contributed by atoms with Gasteiger partial charge in [0, 0.05) is 17.7 Å². The van der Waals surface area contributed by atoms with Gasteiger partial charge >= 0.3 is 12.2 Å². The second kappa shape index (κ2) is 8.17. The summed E-state index contributed by atoms with van der Waals surface area (Å²) >= 11 is 6.20. The number of alkyl halides is 3. The van der Waals surface area contributed by atoms with E-state index in [0.717, 1.165) is 18.4 Å². The predicted octanol–water partition coefficient (Wildman–Crippen LogP) is 3.63. The van der Waals surface area contributed by atoms with E-state index in [0.29, 0.717) is 5.56 Å². The van der Waals surface area contributed by atoms with E-state index in [-0.39, 0.29) is 34.3 Å². The van der Waals surface area contributed by atoms with Gasteiger partial charge in [0.2, 0.25) is 10.0 Å². The fourth-order valence-electron chi connectivity index (χ4n) is 2.49. The Hall–Kier alpha value is -2.76. The lowest BCUT2D eigenvalue weighted by molar-refractivity contribution is -0.137. The first kappa shape index (κ1) is 21.9. The highest BCUT2D eigenvalue weighted by Crippen LogP contribution is 2.32. The fraction of sp³-hybridized carbons (Fsp3) is 0.167. The summed E-state index contributed by atoms with van der Waals surface area (Å²) in [5, 5.41) is 10.1. The van der Waals surface area contributed by atoms with Crippen LogP contribution in [0, 0.1) is 0 Å². The zero-order valence-electron chi connectivity index (χ0n) is 15.3. The average molecular weight is 459 g/mol. The number of sulfonamides is 1. The third-order valence-corrected chi connectivity index (χ3v) is 4.90. The van der Waals surface area contributed by atoms with Crippen LogP contribution in [0.4, 0.5) is 13.2 Å². The molecule has 158 valence electrons. The van der Waals surface area contributed by atoms with Gasteiger partial charge in [0.25, 0.3) is 0 Å². The standard InChI is InChI=1S/C18H14ClF3N4O3S/c1-30(28,29)23-9-10-2-7-14(19)13(8-10)16-24-15(25-17(27)26-16)11-3-5-12(6-4-11)18(20,21)22/h2-8,23H,9H2,1H3,(H,24,25,26,27). The van der Waals surface area contributed by atoms with Gasteiger partial charge in [-0.3, -0.25) is 0 Å². The first-order valence-corrected chi connectivity index (χ1v) is 10.6. The van der Waals surface area contributed by atoms with Crippen LogP contribution in [-0.4, -0.2) is 34.7 Å². The van der Waals surface area contributed by atoms with Crippen LogP contribution in [0.1, 0.15) is 11.1 Å². The smallest absolute Gasteiger partial charge is 0.416 e.